The number of aromatic nitrogens is 8. The van der Waals surface area contributed by atoms with Gasteiger partial charge in [-0.3, -0.25) is 4.57 Å². The molecule has 0 bridgehead atoms. The molecule has 8 heteroatoms. The van der Waals surface area contributed by atoms with Crippen molar-refractivity contribution < 1.29 is 0 Å². The second-order valence-corrected chi connectivity index (χ2v) is 5.80. The fraction of sp³-hybridized carbons (Fsp3) is 0.235. The zero-order chi connectivity index (χ0) is 17.2. The van der Waals surface area contributed by atoms with Crippen molar-refractivity contribution in [1.29, 1.82) is 0 Å². The van der Waals surface area contributed by atoms with E-state index >= 15 is 0 Å². The van der Waals surface area contributed by atoms with Gasteiger partial charge in [0.05, 0.1) is 5.69 Å². The first-order valence-electron chi connectivity index (χ1n) is 8.17. The summed E-state index contributed by atoms with van der Waals surface area (Å²) >= 11 is 0. The summed E-state index contributed by atoms with van der Waals surface area (Å²) in [5.74, 6) is 2.23. The second-order valence-electron chi connectivity index (χ2n) is 5.80. The Hall–Kier alpha value is -3.29. The lowest BCUT2D eigenvalue weighted by molar-refractivity contribution is 0.681. The zero-order valence-electron chi connectivity index (χ0n) is 14.1. The van der Waals surface area contributed by atoms with Gasteiger partial charge in [-0.05, 0) is 30.2 Å². The molecule has 8 nitrogen and oxygen atoms in total. The van der Waals surface area contributed by atoms with Crippen LogP contribution in [0.5, 0.6) is 0 Å². The molecule has 0 radical (unpaired) electrons. The van der Waals surface area contributed by atoms with Gasteiger partial charge >= 0.3 is 0 Å². The summed E-state index contributed by atoms with van der Waals surface area (Å²) in [6.45, 7) is 5.12. The van der Waals surface area contributed by atoms with Crippen molar-refractivity contribution in [2.75, 3.05) is 0 Å². The third-order valence-corrected chi connectivity index (χ3v) is 4.09. The van der Waals surface area contributed by atoms with Gasteiger partial charge in [-0.1, -0.05) is 19.1 Å². The molecule has 0 aliphatic carbocycles. The van der Waals surface area contributed by atoms with Crippen LogP contribution in [-0.2, 0) is 6.54 Å². The summed E-state index contributed by atoms with van der Waals surface area (Å²) in [7, 11) is 0. The van der Waals surface area contributed by atoms with Crippen molar-refractivity contribution in [3.8, 4) is 28.7 Å². The lowest BCUT2D eigenvalue weighted by atomic mass is 10.1. The van der Waals surface area contributed by atoms with E-state index in [2.05, 4.69) is 49.0 Å². The van der Waals surface area contributed by atoms with Gasteiger partial charge < -0.3 is 4.57 Å². The standard InChI is InChI=1S/C17H18N8/c1-3-8-24-9-6-18-16(24)17-19-7-10-25(17)14-11-13(5-4-12(14)2)15-20-22-23-21-15/h4-7,9-11H,3,8H2,1-2H3,(H,20,21,22,23). The summed E-state index contributed by atoms with van der Waals surface area (Å²) in [5.41, 5.74) is 3.03. The Morgan fingerprint density at radius 2 is 1.92 bits per heavy atom. The highest BCUT2D eigenvalue weighted by molar-refractivity contribution is 5.62. The van der Waals surface area contributed by atoms with Crippen molar-refractivity contribution >= 4 is 0 Å². The Morgan fingerprint density at radius 3 is 2.72 bits per heavy atom. The summed E-state index contributed by atoms with van der Waals surface area (Å²) in [6, 6.07) is 6.07. The smallest absolute Gasteiger partial charge is 0.204 e. The third kappa shape index (κ3) is 2.71. The summed E-state index contributed by atoms with van der Waals surface area (Å²) in [5, 5.41) is 14.2. The summed E-state index contributed by atoms with van der Waals surface area (Å²) in [6.07, 6.45) is 8.58. The maximum Gasteiger partial charge on any atom is 0.204 e. The van der Waals surface area contributed by atoms with Crippen LogP contribution in [-0.4, -0.2) is 39.7 Å². The van der Waals surface area contributed by atoms with E-state index in [1.807, 2.05) is 41.4 Å². The van der Waals surface area contributed by atoms with Gasteiger partial charge in [-0.2, -0.15) is 5.21 Å². The van der Waals surface area contributed by atoms with Crippen molar-refractivity contribution in [2.45, 2.75) is 26.8 Å². The lowest BCUT2D eigenvalue weighted by Gasteiger charge is -2.13. The Labute approximate surface area is 144 Å². The molecule has 1 N–H and O–H groups in total. The van der Waals surface area contributed by atoms with Crippen molar-refractivity contribution in [1.82, 2.24) is 39.7 Å². The fourth-order valence-corrected chi connectivity index (χ4v) is 2.89. The van der Waals surface area contributed by atoms with Crippen molar-refractivity contribution in [3.63, 3.8) is 0 Å². The van der Waals surface area contributed by atoms with E-state index in [9.17, 15) is 0 Å². The molecule has 0 fully saturated rings. The minimum Gasteiger partial charge on any atom is -0.328 e. The molecule has 0 atom stereocenters. The van der Waals surface area contributed by atoms with Crippen LogP contribution in [0.2, 0.25) is 0 Å². The van der Waals surface area contributed by atoms with Gasteiger partial charge in [0.15, 0.2) is 11.6 Å². The number of H-pyrrole nitrogens is 1. The van der Waals surface area contributed by atoms with Crippen LogP contribution in [0, 0.1) is 6.92 Å². The molecule has 25 heavy (non-hydrogen) atoms. The Kier molecular flexibility index (Phi) is 3.85. The van der Waals surface area contributed by atoms with E-state index in [4.69, 9.17) is 0 Å². The first kappa shape index (κ1) is 15.3. The number of aryl methyl sites for hydroxylation is 2. The molecule has 0 aliphatic rings. The monoisotopic (exact) mass is 334 g/mol. The second kappa shape index (κ2) is 6.31. The van der Waals surface area contributed by atoms with Gasteiger partial charge in [0.2, 0.25) is 5.82 Å². The predicted octanol–water partition coefficient (Wildman–Crippen LogP) is 2.63. The van der Waals surface area contributed by atoms with Crippen molar-refractivity contribution in [3.05, 3.63) is 48.5 Å². The number of rotatable bonds is 5. The molecule has 0 amide bonds. The summed E-state index contributed by atoms with van der Waals surface area (Å²) in [4.78, 5) is 9.05. The molecule has 4 aromatic rings. The van der Waals surface area contributed by atoms with Crippen LogP contribution in [0.25, 0.3) is 28.7 Å². The van der Waals surface area contributed by atoms with Gasteiger partial charge in [0, 0.05) is 36.9 Å². The molecular weight excluding hydrogens is 316 g/mol. The minimum atomic E-state index is 0.565. The van der Waals surface area contributed by atoms with E-state index in [1.54, 1.807) is 6.20 Å². The van der Waals surface area contributed by atoms with Gasteiger partial charge in [-0.15, -0.1) is 10.2 Å². The highest BCUT2D eigenvalue weighted by atomic mass is 15.5. The molecule has 0 spiro atoms. The van der Waals surface area contributed by atoms with Crippen LogP contribution in [0.1, 0.15) is 18.9 Å². The van der Waals surface area contributed by atoms with E-state index in [0.29, 0.717) is 5.82 Å². The first-order chi connectivity index (χ1) is 12.3. The third-order valence-electron chi connectivity index (χ3n) is 4.09. The number of imidazole rings is 2. The summed E-state index contributed by atoms with van der Waals surface area (Å²) < 4.78 is 4.17. The van der Waals surface area contributed by atoms with Gasteiger partial charge in [0.25, 0.3) is 0 Å². The number of tetrazole rings is 1. The lowest BCUT2D eigenvalue weighted by Crippen LogP contribution is -2.05. The molecule has 0 saturated heterocycles. The van der Waals surface area contributed by atoms with Gasteiger partial charge in [0.1, 0.15) is 0 Å². The Bertz CT molecular complexity index is 980. The van der Waals surface area contributed by atoms with Crippen molar-refractivity contribution in [2.24, 2.45) is 0 Å². The Morgan fingerprint density at radius 1 is 1.08 bits per heavy atom. The fourth-order valence-electron chi connectivity index (χ4n) is 2.89. The van der Waals surface area contributed by atoms with Gasteiger partial charge in [-0.25, -0.2) is 9.97 Å². The molecule has 1 aromatic carbocycles. The van der Waals surface area contributed by atoms with Crippen LogP contribution in [0.4, 0.5) is 0 Å². The highest BCUT2D eigenvalue weighted by Gasteiger charge is 2.15. The largest absolute Gasteiger partial charge is 0.328 e. The number of benzene rings is 1. The van der Waals surface area contributed by atoms with Crippen LogP contribution >= 0.6 is 0 Å². The minimum absolute atomic E-state index is 0.565. The quantitative estimate of drug-likeness (QED) is 0.606. The van der Waals surface area contributed by atoms with E-state index in [0.717, 1.165) is 41.4 Å². The molecule has 4 rings (SSSR count). The number of hydrogen-bond donors (Lipinski definition) is 1. The van der Waals surface area contributed by atoms with E-state index < -0.39 is 0 Å². The molecule has 0 aliphatic heterocycles. The SMILES string of the molecule is CCCn1ccnc1-c1nccn1-c1cc(-c2nn[nH]n2)ccc1C. The molecule has 0 unspecified atom stereocenters. The topological polar surface area (TPSA) is 90.1 Å². The van der Waals surface area contributed by atoms with Crippen LogP contribution in [0.15, 0.2) is 43.0 Å². The number of hydrogen-bond acceptors (Lipinski definition) is 5. The van der Waals surface area contributed by atoms with E-state index in [1.165, 1.54) is 0 Å². The molecule has 0 saturated carbocycles. The van der Waals surface area contributed by atoms with Crippen LogP contribution < -0.4 is 0 Å². The molecular formula is C17H18N8. The highest BCUT2D eigenvalue weighted by Crippen LogP contribution is 2.26. The normalized spacial score (nSPS) is 11.1. The average Bonchev–Trinajstić information content (AvgIpc) is 3.36. The Balaban J connectivity index is 1.83. The number of nitrogens with zero attached hydrogens (tertiary/aromatic N) is 7. The van der Waals surface area contributed by atoms with E-state index in [-0.39, 0.29) is 0 Å². The molecule has 3 aromatic heterocycles. The molecule has 3 heterocycles. The average molecular weight is 334 g/mol. The first-order valence-corrected chi connectivity index (χ1v) is 8.17. The zero-order valence-corrected chi connectivity index (χ0v) is 14.1. The maximum atomic E-state index is 4.54. The predicted molar refractivity (Wildman–Crippen MR) is 93.0 cm³/mol. The molecule has 126 valence electrons. The number of nitrogens with one attached hydrogen (secondary N) is 1. The maximum absolute atomic E-state index is 4.54. The van der Waals surface area contributed by atoms with Crippen LogP contribution in [0.3, 0.4) is 0 Å². The number of aromatic amines is 1.